The molecule has 1 fully saturated rings. The number of nitrogens with zero attached hydrogens (tertiary/aromatic N) is 4. The smallest absolute Gasteiger partial charge is 0.0705 e. The topological polar surface area (TPSA) is 32.3 Å². The van der Waals surface area contributed by atoms with Gasteiger partial charge >= 0.3 is 0 Å². The van der Waals surface area contributed by atoms with Crippen LogP contribution in [0, 0.1) is 0 Å². The third-order valence-corrected chi connectivity index (χ3v) is 5.54. The van der Waals surface area contributed by atoms with Gasteiger partial charge in [0.15, 0.2) is 0 Å². The summed E-state index contributed by atoms with van der Waals surface area (Å²) >= 11 is 0. The van der Waals surface area contributed by atoms with Gasteiger partial charge in [-0.15, -0.1) is 0 Å². The van der Waals surface area contributed by atoms with E-state index in [0.717, 1.165) is 37.4 Å². The summed E-state index contributed by atoms with van der Waals surface area (Å²) < 4.78 is 0. The highest BCUT2D eigenvalue weighted by molar-refractivity contribution is 5.78. The number of pyridine rings is 2. The maximum Gasteiger partial charge on any atom is 0.0705 e. The maximum atomic E-state index is 4.90. The number of para-hydroxylation sites is 1. The highest BCUT2D eigenvalue weighted by Gasteiger charge is 2.25. The van der Waals surface area contributed by atoms with Gasteiger partial charge in [-0.1, -0.05) is 37.3 Å². The van der Waals surface area contributed by atoms with E-state index in [9.17, 15) is 0 Å². The molecular formula is C23H28N4. The predicted molar refractivity (Wildman–Crippen MR) is 110 cm³/mol. The van der Waals surface area contributed by atoms with E-state index in [4.69, 9.17) is 4.98 Å². The van der Waals surface area contributed by atoms with Crippen molar-refractivity contribution in [3.63, 3.8) is 0 Å². The van der Waals surface area contributed by atoms with E-state index in [0.29, 0.717) is 6.04 Å². The van der Waals surface area contributed by atoms with Crippen LogP contribution in [0.5, 0.6) is 0 Å². The number of likely N-dealkylation sites (N-methyl/N-ethyl adjacent to an activating group) is 1. The number of aromatic nitrogens is 2. The quantitative estimate of drug-likeness (QED) is 0.634. The van der Waals surface area contributed by atoms with Crippen LogP contribution in [-0.2, 0) is 13.1 Å². The zero-order valence-corrected chi connectivity index (χ0v) is 16.1. The second kappa shape index (κ2) is 8.59. The van der Waals surface area contributed by atoms with Gasteiger partial charge in [-0.25, -0.2) is 0 Å². The lowest BCUT2D eigenvalue weighted by atomic mass is 10.1. The van der Waals surface area contributed by atoms with Crippen LogP contribution in [0.15, 0.2) is 60.9 Å². The molecule has 0 aliphatic carbocycles. The van der Waals surface area contributed by atoms with Gasteiger partial charge in [0.25, 0.3) is 0 Å². The molecule has 0 bridgehead atoms. The first kappa shape index (κ1) is 18.1. The monoisotopic (exact) mass is 360 g/mol. The predicted octanol–water partition coefficient (Wildman–Crippen LogP) is 4.12. The Morgan fingerprint density at radius 1 is 1.07 bits per heavy atom. The average molecular weight is 361 g/mol. The fraction of sp³-hybridized carbons (Fsp3) is 0.391. The van der Waals surface area contributed by atoms with E-state index in [1.54, 1.807) is 0 Å². The molecule has 0 N–H and O–H groups in total. The van der Waals surface area contributed by atoms with Crippen LogP contribution in [0.1, 0.15) is 31.0 Å². The first-order valence-corrected chi connectivity index (χ1v) is 10.0. The van der Waals surface area contributed by atoms with Crippen molar-refractivity contribution >= 4 is 10.9 Å². The van der Waals surface area contributed by atoms with Crippen molar-refractivity contribution in [3.8, 4) is 0 Å². The van der Waals surface area contributed by atoms with E-state index in [-0.39, 0.29) is 0 Å². The Hall–Kier alpha value is -2.30. The molecule has 1 aromatic carbocycles. The van der Waals surface area contributed by atoms with Crippen molar-refractivity contribution in [1.29, 1.82) is 0 Å². The molecular weight excluding hydrogens is 332 g/mol. The maximum absolute atomic E-state index is 4.90. The second-order valence-electron chi connectivity index (χ2n) is 7.45. The summed E-state index contributed by atoms with van der Waals surface area (Å²) in [7, 11) is 0. The highest BCUT2D eigenvalue weighted by Crippen LogP contribution is 2.20. The van der Waals surface area contributed by atoms with Gasteiger partial charge in [-0.3, -0.25) is 19.8 Å². The molecule has 27 heavy (non-hydrogen) atoms. The van der Waals surface area contributed by atoms with Crippen molar-refractivity contribution in [1.82, 2.24) is 19.8 Å². The molecule has 0 spiro atoms. The molecule has 3 heterocycles. The van der Waals surface area contributed by atoms with Crippen LogP contribution in [-0.4, -0.2) is 45.4 Å². The third-order valence-electron chi connectivity index (χ3n) is 5.54. The second-order valence-corrected chi connectivity index (χ2v) is 7.45. The number of benzene rings is 1. The minimum Gasteiger partial charge on any atom is -0.299 e. The molecule has 0 radical (unpaired) electrons. The lowest BCUT2D eigenvalue weighted by Gasteiger charge is -2.30. The van der Waals surface area contributed by atoms with Gasteiger partial charge in [0.05, 0.1) is 11.2 Å². The van der Waals surface area contributed by atoms with Crippen molar-refractivity contribution in [3.05, 3.63) is 72.2 Å². The molecule has 0 unspecified atom stereocenters. The number of likely N-dealkylation sites (tertiary alicyclic amines) is 1. The van der Waals surface area contributed by atoms with Crippen LogP contribution in [0.25, 0.3) is 10.9 Å². The number of hydrogen-bond acceptors (Lipinski definition) is 4. The Labute approximate surface area is 161 Å². The van der Waals surface area contributed by atoms with Crippen molar-refractivity contribution in [2.45, 2.75) is 38.9 Å². The Kier molecular flexibility index (Phi) is 5.75. The molecule has 1 saturated heterocycles. The summed E-state index contributed by atoms with van der Waals surface area (Å²) in [5, 5.41) is 1.20. The molecule has 4 nitrogen and oxygen atoms in total. The van der Waals surface area contributed by atoms with Gasteiger partial charge in [0.1, 0.15) is 0 Å². The first-order valence-electron chi connectivity index (χ1n) is 10.0. The minimum absolute atomic E-state index is 0.645. The van der Waals surface area contributed by atoms with E-state index in [2.05, 4.69) is 64.2 Å². The fourth-order valence-electron chi connectivity index (χ4n) is 4.18. The minimum atomic E-state index is 0.645. The molecule has 4 rings (SSSR count). The third kappa shape index (κ3) is 4.52. The van der Waals surface area contributed by atoms with Gasteiger partial charge in [0, 0.05) is 43.5 Å². The van der Waals surface area contributed by atoms with Gasteiger partial charge in [-0.05, 0) is 49.7 Å². The lowest BCUT2D eigenvalue weighted by molar-refractivity contribution is 0.165. The molecule has 140 valence electrons. The fourth-order valence-corrected chi connectivity index (χ4v) is 4.18. The van der Waals surface area contributed by atoms with Crippen LogP contribution >= 0.6 is 0 Å². The SMILES string of the molecule is CCN1CCC[C@H]1CN(Cc1cccnc1)Cc1ccc2ccccc2n1. The number of rotatable bonds is 7. The summed E-state index contributed by atoms with van der Waals surface area (Å²) in [6.45, 7) is 7.51. The zero-order chi connectivity index (χ0) is 18.5. The van der Waals surface area contributed by atoms with E-state index in [1.807, 2.05) is 18.5 Å². The Morgan fingerprint density at radius 3 is 2.85 bits per heavy atom. The summed E-state index contributed by atoms with van der Waals surface area (Å²) in [5.74, 6) is 0. The van der Waals surface area contributed by atoms with E-state index < -0.39 is 0 Å². The normalized spacial score (nSPS) is 17.8. The standard InChI is InChI=1S/C23H28N4/c1-2-27-14-6-9-22(27)18-26(16-19-7-5-13-24-15-19)17-21-12-11-20-8-3-4-10-23(20)25-21/h3-5,7-8,10-13,15,22H,2,6,9,14,16-18H2,1H3/t22-/m0/s1. The van der Waals surface area contributed by atoms with E-state index in [1.165, 1.54) is 30.3 Å². The highest BCUT2D eigenvalue weighted by atomic mass is 15.2. The first-order chi connectivity index (χ1) is 13.3. The summed E-state index contributed by atoms with van der Waals surface area (Å²) in [4.78, 5) is 14.3. The average Bonchev–Trinajstić information content (AvgIpc) is 3.16. The Balaban J connectivity index is 1.54. The molecule has 0 amide bonds. The van der Waals surface area contributed by atoms with Crippen molar-refractivity contribution in [2.24, 2.45) is 0 Å². The van der Waals surface area contributed by atoms with Gasteiger partial charge in [0.2, 0.25) is 0 Å². The molecule has 3 aromatic rings. The number of hydrogen-bond donors (Lipinski definition) is 0. The van der Waals surface area contributed by atoms with Crippen LogP contribution < -0.4 is 0 Å². The molecule has 1 atom stereocenters. The van der Waals surface area contributed by atoms with Crippen LogP contribution in [0.2, 0.25) is 0 Å². The van der Waals surface area contributed by atoms with Crippen molar-refractivity contribution < 1.29 is 0 Å². The van der Waals surface area contributed by atoms with Crippen LogP contribution in [0.3, 0.4) is 0 Å². The Morgan fingerprint density at radius 2 is 2.00 bits per heavy atom. The molecule has 2 aromatic heterocycles. The van der Waals surface area contributed by atoms with Gasteiger partial charge < -0.3 is 0 Å². The van der Waals surface area contributed by atoms with E-state index >= 15 is 0 Å². The largest absolute Gasteiger partial charge is 0.299 e. The van der Waals surface area contributed by atoms with Crippen LogP contribution in [0.4, 0.5) is 0 Å². The Bertz CT molecular complexity index is 864. The summed E-state index contributed by atoms with van der Waals surface area (Å²) in [6.07, 6.45) is 6.43. The summed E-state index contributed by atoms with van der Waals surface area (Å²) in [5.41, 5.74) is 3.48. The van der Waals surface area contributed by atoms with Gasteiger partial charge in [-0.2, -0.15) is 0 Å². The molecule has 1 aliphatic rings. The zero-order valence-electron chi connectivity index (χ0n) is 16.1. The molecule has 1 aliphatic heterocycles. The molecule has 0 saturated carbocycles. The molecule has 4 heteroatoms. The number of fused-ring (bicyclic) bond motifs is 1. The summed E-state index contributed by atoms with van der Waals surface area (Å²) in [6, 6.07) is 17.5. The van der Waals surface area contributed by atoms with Crippen molar-refractivity contribution in [2.75, 3.05) is 19.6 Å². The lowest BCUT2D eigenvalue weighted by Crippen LogP contribution is -2.39.